The SMILES string of the molecule is CSc1cc(NC(C)(C)C(C)(C)O)ncn1. The predicted octanol–water partition coefficient (Wildman–Crippen LogP) is 2.16. The van der Waals surface area contributed by atoms with Gasteiger partial charge in [-0.3, -0.25) is 0 Å². The molecule has 2 N–H and O–H groups in total. The number of thioether (sulfide) groups is 1. The molecule has 0 atom stereocenters. The molecule has 0 spiro atoms. The zero-order valence-electron chi connectivity index (χ0n) is 10.4. The first-order valence-electron chi connectivity index (χ1n) is 5.13. The van der Waals surface area contributed by atoms with Crippen LogP contribution in [-0.4, -0.2) is 32.5 Å². The molecule has 1 aromatic heterocycles. The number of rotatable bonds is 4. The summed E-state index contributed by atoms with van der Waals surface area (Å²) < 4.78 is 0. The van der Waals surface area contributed by atoms with Gasteiger partial charge in [-0.25, -0.2) is 9.97 Å². The van der Waals surface area contributed by atoms with E-state index in [9.17, 15) is 5.11 Å². The van der Waals surface area contributed by atoms with Gasteiger partial charge in [0.05, 0.1) is 11.1 Å². The van der Waals surface area contributed by atoms with Gasteiger partial charge in [0, 0.05) is 6.07 Å². The van der Waals surface area contributed by atoms with Gasteiger partial charge in [-0.15, -0.1) is 11.8 Å². The van der Waals surface area contributed by atoms with Crippen molar-refractivity contribution >= 4 is 17.6 Å². The molecule has 5 heteroatoms. The summed E-state index contributed by atoms with van der Waals surface area (Å²) in [7, 11) is 0. The maximum Gasteiger partial charge on any atom is 0.130 e. The Morgan fingerprint density at radius 2 is 1.88 bits per heavy atom. The van der Waals surface area contributed by atoms with Crippen molar-refractivity contribution in [3.8, 4) is 0 Å². The van der Waals surface area contributed by atoms with E-state index in [4.69, 9.17) is 0 Å². The van der Waals surface area contributed by atoms with Crippen molar-refractivity contribution in [1.29, 1.82) is 0 Å². The Kier molecular flexibility index (Phi) is 3.80. The Bertz CT molecular complexity index is 360. The van der Waals surface area contributed by atoms with E-state index < -0.39 is 11.1 Å². The number of hydrogen-bond acceptors (Lipinski definition) is 5. The van der Waals surface area contributed by atoms with Crippen molar-refractivity contribution in [3.05, 3.63) is 12.4 Å². The minimum absolute atomic E-state index is 0.461. The van der Waals surface area contributed by atoms with Crippen molar-refractivity contribution in [3.63, 3.8) is 0 Å². The maximum absolute atomic E-state index is 10.0. The van der Waals surface area contributed by atoms with Crippen molar-refractivity contribution in [2.45, 2.75) is 43.9 Å². The second-order valence-corrected chi connectivity index (χ2v) is 5.58. The molecular formula is C11H19N3OS. The Morgan fingerprint density at radius 3 is 2.38 bits per heavy atom. The van der Waals surface area contributed by atoms with Crippen LogP contribution in [0.2, 0.25) is 0 Å². The second kappa shape index (κ2) is 4.59. The largest absolute Gasteiger partial charge is 0.388 e. The van der Waals surface area contributed by atoms with E-state index in [1.165, 1.54) is 6.33 Å². The lowest BCUT2D eigenvalue weighted by atomic mass is 9.86. The van der Waals surface area contributed by atoms with Gasteiger partial charge < -0.3 is 10.4 Å². The van der Waals surface area contributed by atoms with Crippen LogP contribution in [0.15, 0.2) is 17.4 Å². The molecule has 1 aromatic rings. The summed E-state index contributed by atoms with van der Waals surface area (Å²) in [4.78, 5) is 8.24. The summed E-state index contributed by atoms with van der Waals surface area (Å²) in [5, 5.41) is 14.1. The van der Waals surface area contributed by atoms with E-state index in [0.717, 1.165) is 10.8 Å². The van der Waals surface area contributed by atoms with Gasteiger partial charge in [0.2, 0.25) is 0 Å². The highest BCUT2D eigenvalue weighted by molar-refractivity contribution is 7.98. The number of hydrogen-bond donors (Lipinski definition) is 2. The molecule has 0 amide bonds. The average molecular weight is 241 g/mol. The quantitative estimate of drug-likeness (QED) is 0.625. The predicted molar refractivity (Wildman–Crippen MR) is 67.8 cm³/mol. The monoisotopic (exact) mass is 241 g/mol. The van der Waals surface area contributed by atoms with Crippen molar-refractivity contribution < 1.29 is 5.11 Å². The molecule has 0 aliphatic rings. The third-order valence-corrected chi connectivity index (χ3v) is 3.46. The highest BCUT2D eigenvalue weighted by Crippen LogP contribution is 2.25. The van der Waals surface area contributed by atoms with Crippen LogP contribution in [-0.2, 0) is 0 Å². The van der Waals surface area contributed by atoms with E-state index in [2.05, 4.69) is 15.3 Å². The zero-order valence-corrected chi connectivity index (χ0v) is 11.2. The smallest absolute Gasteiger partial charge is 0.130 e. The summed E-state index contributed by atoms with van der Waals surface area (Å²) >= 11 is 1.56. The molecule has 0 aliphatic carbocycles. The van der Waals surface area contributed by atoms with E-state index in [0.29, 0.717) is 0 Å². The van der Waals surface area contributed by atoms with E-state index in [1.807, 2.05) is 26.2 Å². The molecule has 0 fully saturated rings. The van der Waals surface area contributed by atoms with Crippen molar-refractivity contribution in [2.75, 3.05) is 11.6 Å². The summed E-state index contributed by atoms with van der Waals surface area (Å²) in [5.41, 5.74) is -1.30. The minimum Gasteiger partial charge on any atom is -0.388 e. The third-order valence-electron chi connectivity index (χ3n) is 2.82. The zero-order chi connectivity index (χ0) is 12.4. The molecule has 0 bridgehead atoms. The van der Waals surface area contributed by atoms with Gasteiger partial charge in [-0.2, -0.15) is 0 Å². The van der Waals surface area contributed by atoms with Gasteiger partial charge in [-0.1, -0.05) is 0 Å². The van der Waals surface area contributed by atoms with Crippen LogP contribution in [0.5, 0.6) is 0 Å². The number of anilines is 1. The number of nitrogens with zero attached hydrogens (tertiary/aromatic N) is 2. The van der Waals surface area contributed by atoms with Gasteiger partial charge in [0.15, 0.2) is 0 Å². The van der Waals surface area contributed by atoms with Crippen molar-refractivity contribution in [1.82, 2.24) is 9.97 Å². The summed E-state index contributed by atoms with van der Waals surface area (Å²) in [6.45, 7) is 7.43. The summed E-state index contributed by atoms with van der Waals surface area (Å²) in [5.74, 6) is 0.728. The third kappa shape index (κ3) is 3.09. The normalized spacial score (nSPS) is 12.6. The highest BCUT2D eigenvalue weighted by atomic mass is 32.2. The molecule has 1 rings (SSSR count). The number of nitrogens with one attached hydrogen (secondary N) is 1. The first-order valence-corrected chi connectivity index (χ1v) is 6.35. The Labute approximate surface area is 101 Å². The molecule has 0 unspecified atom stereocenters. The molecule has 90 valence electrons. The Hall–Kier alpha value is -0.810. The van der Waals surface area contributed by atoms with Crippen LogP contribution < -0.4 is 5.32 Å². The van der Waals surface area contributed by atoms with Crippen LogP contribution >= 0.6 is 11.8 Å². The van der Waals surface area contributed by atoms with Crippen LogP contribution in [0.3, 0.4) is 0 Å². The molecule has 0 aliphatic heterocycles. The second-order valence-electron chi connectivity index (χ2n) is 4.75. The first kappa shape index (κ1) is 13.3. The highest BCUT2D eigenvalue weighted by Gasteiger charge is 2.35. The van der Waals surface area contributed by atoms with E-state index in [1.54, 1.807) is 25.6 Å². The van der Waals surface area contributed by atoms with E-state index in [-0.39, 0.29) is 0 Å². The summed E-state index contributed by atoms with van der Waals surface area (Å²) in [6, 6.07) is 1.87. The maximum atomic E-state index is 10.0. The van der Waals surface area contributed by atoms with E-state index >= 15 is 0 Å². The van der Waals surface area contributed by atoms with Gasteiger partial charge >= 0.3 is 0 Å². The minimum atomic E-state index is -0.836. The van der Waals surface area contributed by atoms with Crippen LogP contribution in [0.4, 0.5) is 5.82 Å². The fourth-order valence-electron chi connectivity index (χ4n) is 0.993. The van der Waals surface area contributed by atoms with Crippen LogP contribution in [0.1, 0.15) is 27.7 Å². The molecule has 0 radical (unpaired) electrons. The first-order chi connectivity index (χ1) is 7.26. The van der Waals surface area contributed by atoms with Gasteiger partial charge in [-0.05, 0) is 34.0 Å². The number of aromatic nitrogens is 2. The molecule has 0 saturated carbocycles. The standard InChI is InChI=1S/C11H19N3OS/c1-10(2,11(3,4)15)14-8-6-9(16-5)13-7-12-8/h6-7,15H,1-5H3,(H,12,13,14). The molecule has 1 heterocycles. The molecule has 4 nitrogen and oxygen atoms in total. The molecule has 0 saturated heterocycles. The van der Waals surface area contributed by atoms with Gasteiger partial charge in [0.25, 0.3) is 0 Å². The molecule has 0 aromatic carbocycles. The summed E-state index contributed by atoms with van der Waals surface area (Å²) in [6.07, 6.45) is 3.49. The Morgan fingerprint density at radius 1 is 1.25 bits per heavy atom. The topological polar surface area (TPSA) is 58.0 Å². The fourth-order valence-corrected chi connectivity index (χ4v) is 1.37. The molecular weight excluding hydrogens is 222 g/mol. The lowest BCUT2D eigenvalue weighted by molar-refractivity contribution is 0.0238. The number of aliphatic hydroxyl groups is 1. The molecule has 16 heavy (non-hydrogen) atoms. The van der Waals surface area contributed by atoms with Crippen LogP contribution in [0.25, 0.3) is 0 Å². The lowest BCUT2D eigenvalue weighted by Gasteiger charge is -2.38. The fraction of sp³-hybridized carbons (Fsp3) is 0.636. The Balaban J connectivity index is 2.88. The van der Waals surface area contributed by atoms with Crippen molar-refractivity contribution in [2.24, 2.45) is 0 Å². The van der Waals surface area contributed by atoms with Gasteiger partial charge in [0.1, 0.15) is 17.2 Å². The lowest BCUT2D eigenvalue weighted by Crippen LogP contribution is -2.51. The average Bonchev–Trinajstić information content (AvgIpc) is 2.15. The van der Waals surface area contributed by atoms with Crippen LogP contribution in [0, 0.1) is 0 Å².